The van der Waals surface area contributed by atoms with E-state index in [0.29, 0.717) is 17.4 Å². The zero-order chi connectivity index (χ0) is 38.8. The first-order valence-corrected chi connectivity index (χ1v) is 21.4. The van der Waals surface area contributed by atoms with Gasteiger partial charge in [0.25, 0.3) is 0 Å². The summed E-state index contributed by atoms with van der Waals surface area (Å²) in [6.07, 6.45) is 40.6. The predicted molar refractivity (Wildman–Crippen MR) is 218 cm³/mol. The number of hydrogen-bond donors (Lipinski definition) is 4. The van der Waals surface area contributed by atoms with E-state index in [9.17, 15) is 24.5 Å². The maximum Gasteiger partial charge on any atom is 0.472 e. The van der Waals surface area contributed by atoms with Gasteiger partial charge in [-0.3, -0.25) is 13.8 Å². The number of carbonyl (C=O) groups excluding carboxylic acids is 1. The van der Waals surface area contributed by atoms with Crippen LogP contribution in [0.2, 0.25) is 0 Å². The number of unbranched alkanes of at least 4 members (excludes halogenated alkanes) is 11. The van der Waals surface area contributed by atoms with Crippen molar-refractivity contribution in [2.45, 2.75) is 148 Å². The number of allylic oxidation sites excluding steroid dienone is 10. The molecule has 0 spiro atoms. The molecule has 52 heavy (non-hydrogen) atoms. The molecule has 1 unspecified atom stereocenters. The van der Waals surface area contributed by atoms with Crippen LogP contribution in [0.15, 0.2) is 72.9 Å². The monoisotopic (exact) mass is 752 g/mol. The Bertz CT molecular complexity index is 1090. The molecule has 300 valence electrons. The van der Waals surface area contributed by atoms with E-state index in [1.54, 1.807) is 12.2 Å². The van der Waals surface area contributed by atoms with Crippen molar-refractivity contribution in [2.24, 2.45) is 0 Å². The number of hydrogen-bond acceptors (Lipinski definition) is 6. The average molecular weight is 752 g/mol. The van der Waals surface area contributed by atoms with Gasteiger partial charge < -0.3 is 24.9 Å². The standard InChI is InChI=1S/C42H75N2O7P/c1-6-8-9-10-11-12-13-19-22-25-28-31-34-41(46)40(38-51-52(48,49)50-37-36-44(3,4)5)43-42(47)35-32-29-26-23-20-17-15-14-16-18-21-24-27-30-33-39(45)7-2/h15-18,23-24,26-27,30-31,33-34,39-41,45-46H,6-14,19-22,25,28-29,32,35-38H2,1-5H3,(H-,43,47,48,49)/p+1/b17-15-,18-16-,26-23-,27-24-,33-30+,34-31+/t39-,40+,41-/m1/s1. The van der Waals surface area contributed by atoms with Crippen molar-refractivity contribution in [1.82, 2.24) is 5.32 Å². The maximum absolute atomic E-state index is 12.8. The minimum Gasteiger partial charge on any atom is -0.389 e. The molecule has 0 radical (unpaired) electrons. The number of amides is 1. The highest BCUT2D eigenvalue weighted by Crippen LogP contribution is 2.43. The molecule has 4 atom stereocenters. The molecule has 9 nitrogen and oxygen atoms in total. The SMILES string of the molecule is CCCCCCCCCCCC/C=C/[C@@H](O)[C@H](COP(=O)(O)OCC[N+](C)(C)C)NC(=O)CCC/C=C\C/C=C\C/C=C\C/C=C\C=C\[C@H](O)CC. The third-order valence-electron chi connectivity index (χ3n) is 8.34. The lowest BCUT2D eigenvalue weighted by atomic mass is 10.1. The van der Waals surface area contributed by atoms with Gasteiger partial charge in [0.15, 0.2) is 0 Å². The molecule has 0 aromatic rings. The van der Waals surface area contributed by atoms with Gasteiger partial charge in [-0.05, 0) is 51.4 Å². The normalized spacial score (nSPS) is 15.9. The lowest BCUT2D eigenvalue weighted by molar-refractivity contribution is -0.870. The number of phosphoric ester groups is 1. The summed E-state index contributed by atoms with van der Waals surface area (Å²) in [4.78, 5) is 23.0. The van der Waals surface area contributed by atoms with E-state index in [0.717, 1.165) is 51.4 Å². The van der Waals surface area contributed by atoms with Crippen molar-refractivity contribution in [1.29, 1.82) is 0 Å². The molecule has 0 rings (SSSR count). The number of aliphatic hydroxyl groups excluding tert-OH is 2. The van der Waals surface area contributed by atoms with Gasteiger partial charge in [-0.15, -0.1) is 0 Å². The molecule has 0 aliphatic carbocycles. The molecule has 4 N–H and O–H groups in total. The molecule has 0 aliphatic heterocycles. The summed E-state index contributed by atoms with van der Waals surface area (Å²) in [5, 5.41) is 23.2. The van der Waals surface area contributed by atoms with Crippen molar-refractivity contribution in [3.05, 3.63) is 72.9 Å². The highest BCUT2D eigenvalue weighted by molar-refractivity contribution is 7.47. The third-order valence-corrected chi connectivity index (χ3v) is 9.32. The molecule has 0 saturated carbocycles. The molecule has 10 heteroatoms. The van der Waals surface area contributed by atoms with Crippen molar-refractivity contribution >= 4 is 13.7 Å². The van der Waals surface area contributed by atoms with Gasteiger partial charge in [-0.2, -0.15) is 0 Å². The highest BCUT2D eigenvalue weighted by atomic mass is 31.2. The van der Waals surface area contributed by atoms with Crippen LogP contribution in [0.5, 0.6) is 0 Å². The summed E-state index contributed by atoms with van der Waals surface area (Å²) in [5.74, 6) is -0.251. The van der Waals surface area contributed by atoms with E-state index in [1.165, 1.54) is 51.4 Å². The van der Waals surface area contributed by atoms with Gasteiger partial charge in [-0.25, -0.2) is 4.57 Å². The van der Waals surface area contributed by atoms with Crippen LogP contribution >= 0.6 is 7.82 Å². The largest absolute Gasteiger partial charge is 0.472 e. The zero-order valence-electron chi connectivity index (χ0n) is 33.4. The van der Waals surface area contributed by atoms with Crippen molar-refractivity contribution < 1.29 is 38.0 Å². The van der Waals surface area contributed by atoms with Crippen LogP contribution in [0, 0.1) is 0 Å². The second-order valence-electron chi connectivity index (χ2n) is 14.5. The van der Waals surface area contributed by atoms with Crippen molar-refractivity contribution in [3.8, 4) is 0 Å². The number of rotatable bonds is 34. The number of carbonyl (C=O) groups is 1. The number of phosphoric acid groups is 1. The van der Waals surface area contributed by atoms with Gasteiger partial charge >= 0.3 is 7.82 Å². The van der Waals surface area contributed by atoms with Crippen molar-refractivity contribution in [3.63, 3.8) is 0 Å². The highest BCUT2D eigenvalue weighted by Gasteiger charge is 2.27. The van der Waals surface area contributed by atoms with Crippen LogP contribution in [0.25, 0.3) is 0 Å². The van der Waals surface area contributed by atoms with Crippen LogP contribution in [0.4, 0.5) is 0 Å². The Kier molecular flexibility index (Phi) is 32.1. The fraction of sp³-hybridized carbons (Fsp3) is 0.690. The molecular formula is C42H76N2O7P+. The molecule has 0 fully saturated rings. The molecule has 1 amide bonds. The van der Waals surface area contributed by atoms with Gasteiger partial charge in [0.1, 0.15) is 13.2 Å². The molecule has 0 saturated heterocycles. The molecule has 0 aromatic carbocycles. The van der Waals surface area contributed by atoms with E-state index in [-0.39, 0.29) is 31.6 Å². The van der Waals surface area contributed by atoms with Gasteiger partial charge in [-0.1, -0.05) is 145 Å². The fourth-order valence-corrected chi connectivity index (χ4v) is 5.70. The van der Waals surface area contributed by atoms with E-state index in [1.807, 2.05) is 52.4 Å². The van der Waals surface area contributed by atoms with Crippen LogP contribution < -0.4 is 5.32 Å². The van der Waals surface area contributed by atoms with Gasteiger partial charge in [0, 0.05) is 6.42 Å². The van der Waals surface area contributed by atoms with Gasteiger partial charge in [0.2, 0.25) is 5.91 Å². The Hall–Kier alpha value is -2.10. The lowest BCUT2D eigenvalue weighted by Crippen LogP contribution is -2.45. The first kappa shape index (κ1) is 49.9. The first-order chi connectivity index (χ1) is 24.9. The van der Waals surface area contributed by atoms with Crippen LogP contribution in [-0.2, 0) is 18.4 Å². The second kappa shape index (κ2) is 33.5. The quantitative estimate of drug-likeness (QED) is 0.0170. The summed E-state index contributed by atoms with van der Waals surface area (Å²) in [7, 11) is 1.50. The summed E-state index contributed by atoms with van der Waals surface area (Å²) >= 11 is 0. The maximum atomic E-state index is 12.8. The van der Waals surface area contributed by atoms with Crippen LogP contribution in [0.1, 0.15) is 129 Å². The van der Waals surface area contributed by atoms with E-state index >= 15 is 0 Å². The topological polar surface area (TPSA) is 125 Å². The number of aliphatic hydroxyl groups is 2. The van der Waals surface area contributed by atoms with Gasteiger partial charge in [0.05, 0.1) is 46.0 Å². The summed E-state index contributed by atoms with van der Waals surface area (Å²) < 4.78 is 23.4. The Balaban J connectivity index is 4.64. The first-order valence-electron chi connectivity index (χ1n) is 19.9. The second-order valence-corrected chi connectivity index (χ2v) is 15.9. The molecule has 0 bridgehead atoms. The van der Waals surface area contributed by atoms with Crippen LogP contribution in [-0.4, -0.2) is 84.6 Å². The lowest BCUT2D eigenvalue weighted by Gasteiger charge is -2.25. The molecule has 0 aromatic heterocycles. The zero-order valence-corrected chi connectivity index (χ0v) is 34.3. The predicted octanol–water partition coefficient (Wildman–Crippen LogP) is 9.43. The Morgan fingerprint density at radius 2 is 1.27 bits per heavy atom. The number of nitrogens with zero attached hydrogens (tertiary/aromatic N) is 1. The Morgan fingerprint density at radius 1 is 0.712 bits per heavy atom. The van der Waals surface area contributed by atoms with Crippen LogP contribution in [0.3, 0.4) is 0 Å². The number of quaternary nitrogens is 1. The third kappa shape index (κ3) is 35.0. The summed E-state index contributed by atoms with van der Waals surface area (Å²) in [5.41, 5.74) is 0. The minimum absolute atomic E-state index is 0.0405. The number of nitrogens with one attached hydrogen (secondary N) is 1. The van der Waals surface area contributed by atoms with E-state index < -0.39 is 20.0 Å². The minimum atomic E-state index is -4.36. The Labute approximate surface area is 317 Å². The molecule has 0 aliphatic rings. The molecule has 0 heterocycles. The fourth-order valence-electron chi connectivity index (χ4n) is 4.97. The van der Waals surface area contributed by atoms with E-state index in [4.69, 9.17) is 9.05 Å². The summed E-state index contributed by atoms with van der Waals surface area (Å²) in [6, 6.07) is -0.888. The smallest absolute Gasteiger partial charge is 0.389 e. The van der Waals surface area contributed by atoms with Crippen molar-refractivity contribution in [2.75, 3.05) is 40.9 Å². The number of likely N-dealkylation sites (N-methyl/N-ethyl adjacent to an activating group) is 1. The average Bonchev–Trinajstić information content (AvgIpc) is 3.09. The Morgan fingerprint density at radius 3 is 1.87 bits per heavy atom. The molecular weight excluding hydrogens is 675 g/mol. The van der Waals surface area contributed by atoms with E-state index in [2.05, 4.69) is 48.7 Å². The summed E-state index contributed by atoms with van der Waals surface area (Å²) in [6.45, 7) is 4.39.